The van der Waals surface area contributed by atoms with Crippen LogP contribution in [0.25, 0.3) is 0 Å². The predicted molar refractivity (Wildman–Crippen MR) is 42.2 cm³/mol. The van der Waals surface area contributed by atoms with Gasteiger partial charge in [-0.2, -0.15) is 0 Å². The molecule has 2 heterocycles. The maximum absolute atomic E-state index is 10.9. The molecule has 0 saturated carbocycles. The van der Waals surface area contributed by atoms with Crippen LogP contribution in [-0.4, -0.2) is 53.5 Å². The number of fused-ring (bicyclic) bond motifs is 1. The van der Waals surface area contributed by atoms with Crippen molar-refractivity contribution in [1.82, 2.24) is 0 Å². The number of ketones is 1. The minimum absolute atomic E-state index is 0.0175. The van der Waals surface area contributed by atoms with Gasteiger partial charge in [0.25, 0.3) is 0 Å². The summed E-state index contributed by atoms with van der Waals surface area (Å²) >= 11 is 0. The van der Waals surface area contributed by atoms with Crippen molar-refractivity contribution in [2.24, 2.45) is 0 Å². The molecule has 80 valence electrons. The van der Waals surface area contributed by atoms with Gasteiger partial charge in [0, 0.05) is 0 Å². The number of aliphatic hydroxyl groups is 2. The second-order valence-corrected chi connectivity index (χ2v) is 3.44. The molecule has 0 aliphatic carbocycles. The first kappa shape index (κ1) is 10.0. The molecule has 6 nitrogen and oxygen atoms in total. The SMILES string of the molecule is CC(=O)C1OC2C(O)COC(O)C2O1. The van der Waals surface area contributed by atoms with Crippen LogP contribution in [-0.2, 0) is 19.0 Å². The van der Waals surface area contributed by atoms with E-state index in [0.29, 0.717) is 0 Å². The molecule has 0 radical (unpaired) electrons. The molecule has 2 aliphatic rings. The number of carbonyl (C=O) groups excluding carboxylic acids is 1. The molecule has 0 amide bonds. The lowest BCUT2D eigenvalue weighted by Gasteiger charge is -2.31. The number of Topliss-reactive ketones (excluding diaryl/α,β-unsaturated/α-hetero) is 1. The molecule has 5 atom stereocenters. The highest BCUT2D eigenvalue weighted by atomic mass is 16.8. The Balaban J connectivity index is 2.10. The van der Waals surface area contributed by atoms with Crippen LogP contribution in [0.4, 0.5) is 0 Å². The van der Waals surface area contributed by atoms with Gasteiger partial charge in [-0.05, 0) is 6.92 Å². The molecule has 2 rings (SSSR count). The first-order chi connectivity index (χ1) is 6.59. The lowest BCUT2D eigenvalue weighted by Crippen LogP contribution is -2.51. The van der Waals surface area contributed by atoms with Gasteiger partial charge in [0.1, 0.15) is 18.3 Å². The van der Waals surface area contributed by atoms with E-state index in [1.165, 1.54) is 6.92 Å². The lowest BCUT2D eigenvalue weighted by molar-refractivity contribution is -0.222. The summed E-state index contributed by atoms with van der Waals surface area (Å²) in [5.74, 6) is -0.293. The van der Waals surface area contributed by atoms with Crippen molar-refractivity contribution >= 4 is 5.78 Å². The monoisotopic (exact) mass is 204 g/mol. The third-order valence-corrected chi connectivity index (χ3v) is 2.32. The number of aliphatic hydroxyl groups excluding tert-OH is 2. The molecule has 6 heteroatoms. The molecular weight excluding hydrogens is 192 g/mol. The van der Waals surface area contributed by atoms with Crippen LogP contribution in [0, 0.1) is 0 Å². The third-order valence-electron chi connectivity index (χ3n) is 2.32. The van der Waals surface area contributed by atoms with Crippen molar-refractivity contribution in [2.75, 3.05) is 6.61 Å². The summed E-state index contributed by atoms with van der Waals surface area (Å²) in [4.78, 5) is 10.9. The number of carbonyl (C=O) groups is 1. The first-order valence-electron chi connectivity index (χ1n) is 4.38. The van der Waals surface area contributed by atoms with Crippen LogP contribution in [0.15, 0.2) is 0 Å². The first-order valence-corrected chi connectivity index (χ1v) is 4.38. The van der Waals surface area contributed by atoms with Gasteiger partial charge in [0.15, 0.2) is 12.1 Å². The maximum Gasteiger partial charge on any atom is 0.218 e. The summed E-state index contributed by atoms with van der Waals surface area (Å²) in [7, 11) is 0. The molecule has 0 aromatic heterocycles. The molecule has 0 aromatic carbocycles. The lowest BCUT2D eigenvalue weighted by atomic mass is 10.1. The molecule has 2 aliphatic heterocycles. The molecule has 14 heavy (non-hydrogen) atoms. The Morgan fingerprint density at radius 2 is 1.93 bits per heavy atom. The molecule has 0 aromatic rings. The summed E-state index contributed by atoms with van der Waals surface area (Å²) < 4.78 is 15.1. The molecule has 5 unspecified atom stereocenters. The van der Waals surface area contributed by atoms with Crippen molar-refractivity contribution in [3.63, 3.8) is 0 Å². The predicted octanol–water partition coefficient (Wildman–Crippen LogP) is -1.61. The van der Waals surface area contributed by atoms with Gasteiger partial charge in [0.05, 0.1) is 6.61 Å². The van der Waals surface area contributed by atoms with Crippen LogP contribution >= 0.6 is 0 Å². The Bertz CT molecular complexity index is 224. The van der Waals surface area contributed by atoms with E-state index in [1.54, 1.807) is 0 Å². The zero-order valence-electron chi connectivity index (χ0n) is 7.62. The minimum atomic E-state index is -1.15. The quantitative estimate of drug-likeness (QED) is 0.534. The van der Waals surface area contributed by atoms with Crippen LogP contribution in [0.2, 0.25) is 0 Å². The van der Waals surface area contributed by atoms with E-state index in [0.717, 1.165) is 0 Å². The second-order valence-electron chi connectivity index (χ2n) is 3.44. The molecular formula is C8H12O6. The van der Waals surface area contributed by atoms with Crippen LogP contribution in [0.5, 0.6) is 0 Å². The average Bonchev–Trinajstić information content (AvgIpc) is 2.57. The second kappa shape index (κ2) is 3.56. The zero-order chi connectivity index (χ0) is 10.3. The Labute approximate surface area is 80.4 Å². The summed E-state index contributed by atoms with van der Waals surface area (Å²) in [6.07, 6.45) is -4.49. The van der Waals surface area contributed by atoms with Crippen molar-refractivity contribution in [2.45, 2.75) is 37.8 Å². The summed E-state index contributed by atoms with van der Waals surface area (Å²) in [5, 5.41) is 18.8. The Morgan fingerprint density at radius 1 is 1.29 bits per heavy atom. The Hall–Kier alpha value is -0.530. The van der Waals surface area contributed by atoms with Gasteiger partial charge in [0.2, 0.25) is 6.29 Å². The minimum Gasteiger partial charge on any atom is -0.388 e. The van der Waals surface area contributed by atoms with Crippen molar-refractivity contribution < 1.29 is 29.2 Å². The van der Waals surface area contributed by atoms with E-state index < -0.39 is 30.9 Å². The topological polar surface area (TPSA) is 85.2 Å². The number of hydrogen-bond acceptors (Lipinski definition) is 6. The normalized spacial score (nSPS) is 47.5. The Morgan fingerprint density at radius 3 is 2.50 bits per heavy atom. The van der Waals surface area contributed by atoms with Gasteiger partial charge in [-0.3, -0.25) is 4.79 Å². The van der Waals surface area contributed by atoms with Gasteiger partial charge < -0.3 is 24.4 Å². The fraction of sp³-hybridized carbons (Fsp3) is 0.875. The van der Waals surface area contributed by atoms with E-state index in [9.17, 15) is 15.0 Å². The number of hydrogen-bond donors (Lipinski definition) is 2. The maximum atomic E-state index is 10.9. The Kier molecular flexibility index (Phi) is 2.54. The molecule has 0 bridgehead atoms. The van der Waals surface area contributed by atoms with E-state index in [1.807, 2.05) is 0 Å². The summed E-state index contributed by atoms with van der Waals surface area (Å²) in [6.45, 7) is 1.30. The summed E-state index contributed by atoms with van der Waals surface area (Å²) in [6, 6.07) is 0. The summed E-state index contributed by atoms with van der Waals surface area (Å²) in [5.41, 5.74) is 0. The van der Waals surface area contributed by atoms with Crippen LogP contribution in [0.3, 0.4) is 0 Å². The van der Waals surface area contributed by atoms with Gasteiger partial charge in [-0.1, -0.05) is 0 Å². The number of rotatable bonds is 1. The molecule has 0 spiro atoms. The van der Waals surface area contributed by atoms with Gasteiger partial charge in [-0.15, -0.1) is 0 Å². The van der Waals surface area contributed by atoms with Crippen molar-refractivity contribution in [3.05, 3.63) is 0 Å². The fourth-order valence-electron chi connectivity index (χ4n) is 1.59. The van der Waals surface area contributed by atoms with E-state index >= 15 is 0 Å². The molecule has 2 saturated heterocycles. The van der Waals surface area contributed by atoms with E-state index in [4.69, 9.17) is 14.2 Å². The van der Waals surface area contributed by atoms with Crippen molar-refractivity contribution in [1.29, 1.82) is 0 Å². The van der Waals surface area contributed by atoms with Crippen molar-refractivity contribution in [3.8, 4) is 0 Å². The van der Waals surface area contributed by atoms with Gasteiger partial charge >= 0.3 is 0 Å². The van der Waals surface area contributed by atoms with Crippen LogP contribution < -0.4 is 0 Å². The molecule has 2 fully saturated rings. The number of ether oxygens (including phenoxy) is 3. The average molecular weight is 204 g/mol. The van der Waals surface area contributed by atoms with Crippen LogP contribution in [0.1, 0.15) is 6.92 Å². The van der Waals surface area contributed by atoms with E-state index in [-0.39, 0.29) is 12.4 Å². The smallest absolute Gasteiger partial charge is 0.218 e. The third kappa shape index (κ3) is 1.55. The fourth-order valence-corrected chi connectivity index (χ4v) is 1.59. The highest BCUT2D eigenvalue weighted by Gasteiger charge is 2.49. The molecule has 2 N–H and O–H groups in total. The van der Waals surface area contributed by atoms with E-state index in [2.05, 4.69) is 0 Å². The highest BCUT2D eigenvalue weighted by Crippen LogP contribution is 2.28. The standard InChI is InChI=1S/C8H12O6/c1-3(9)8-13-5-4(10)2-12-7(11)6(5)14-8/h4-8,10-11H,2H2,1H3. The largest absolute Gasteiger partial charge is 0.388 e. The van der Waals surface area contributed by atoms with Gasteiger partial charge in [-0.25, -0.2) is 0 Å². The zero-order valence-corrected chi connectivity index (χ0v) is 7.62. The highest BCUT2D eigenvalue weighted by molar-refractivity contribution is 5.79.